The topological polar surface area (TPSA) is 108 Å². The van der Waals surface area contributed by atoms with Gasteiger partial charge in [-0.25, -0.2) is 9.97 Å². The van der Waals surface area contributed by atoms with Crippen LogP contribution in [0.25, 0.3) is 33.8 Å². The fraction of sp³-hybridized carbons (Fsp3) is 0.194. The van der Waals surface area contributed by atoms with Gasteiger partial charge in [0.05, 0.1) is 35.9 Å². The van der Waals surface area contributed by atoms with Crippen molar-refractivity contribution in [3.63, 3.8) is 0 Å². The molecule has 7 rings (SSSR count). The number of allylic oxidation sites excluding steroid dienone is 3. The van der Waals surface area contributed by atoms with Crippen LogP contribution in [0.15, 0.2) is 79.7 Å². The number of H-pyrrole nitrogens is 1. The van der Waals surface area contributed by atoms with Crippen molar-refractivity contribution in [3.05, 3.63) is 96.5 Å². The Morgan fingerprint density at radius 2 is 1.90 bits per heavy atom. The highest BCUT2D eigenvalue weighted by molar-refractivity contribution is 6.08. The number of hydrogen-bond acceptors (Lipinski definition) is 7. The summed E-state index contributed by atoms with van der Waals surface area (Å²) < 4.78 is 1.83. The van der Waals surface area contributed by atoms with Gasteiger partial charge >= 0.3 is 0 Å². The number of aromatic nitrogens is 6. The SMILES string of the molecule is CN1CCN(c2cc(-c3cnc4[nH]cc(C5=Cc6c(C(=O)Nc7cccnc7)cnn6CC=C5)c4c3)ccn2)CC1. The molecule has 204 valence electrons. The highest BCUT2D eigenvalue weighted by Crippen LogP contribution is 2.32. The minimum absolute atomic E-state index is 0.228. The number of amides is 1. The summed E-state index contributed by atoms with van der Waals surface area (Å²) >= 11 is 0. The number of pyridine rings is 3. The Morgan fingerprint density at radius 1 is 1.00 bits per heavy atom. The minimum Gasteiger partial charge on any atom is -0.354 e. The Kier molecular flexibility index (Phi) is 6.36. The monoisotopic (exact) mass is 543 g/mol. The smallest absolute Gasteiger partial charge is 0.259 e. The van der Waals surface area contributed by atoms with Gasteiger partial charge in [-0.3, -0.25) is 14.5 Å². The molecule has 0 aliphatic carbocycles. The van der Waals surface area contributed by atoms with Crippen LogP contribution in [0.5, 0.6) is 0 Å². The maximum absolute atomic E-state index is 13.2. The number of anilines is 2. The minimum atomic E-state index is -0.228. The molecule has 7 heterocycles. The molecule has 0 atom stereocenters. The number of aromatic amines is 1. The first kappa shape index (κ1) is 24.9. The molecule has 0 aromatic carbocycles. The summed E-state index contributed by atoms with van der Waals surface area (Å²) in [7, 11) is 2.15. The number of nitrogens with one attached hydrogen (secondary N) is 2. The second-order valence-electron chi connectivity index (χ2n) is 10.3. The van der Waals surface area contributed by atoms with E-state index < -0.39 is 0 Å². The van der Waals surface area contributed by atoms with E-state index in [2.05, 4.69) is 66.5 Å². The van der Waals surface area contributed by atoms with Crippen molar-refractivity contribution in [2.75, 3.05) is 43.4 Å². The summed E-state index contributed by atoms with van der Waals surface area (Å²) in [6, 6.07) is 9.95. The Balaban J connectivity index is 1.22. The molecule has 0 unspecified atom stereocenters. The zero-order chi connectivity index (χ0) is 27.8. The average molecular weight is 544 g/mol. The summed E-state index contributed by atoms with van der Waals surface area (Å²) in [6.07, 6.45) is 16.8. The van der Waals surface area contributed by atoms with Crippen molar-refractivity contribution >= 4 is 40.1 Å². The van der Waals surface area contributed by atoms with Gasteiger partial charge in [0.15, 0.2) is 0 Å². The lowest BCUT2D eigenvalue weighted by Crippen LogP contribution is -2.44. The normalized spacial score (nSPS) is 15.4. The maximum atomic E-state index is 13.2. The van der Waals surface area contributed by atoms with E-state index in [0.717, 1.165) is 71.0 Å². The van der Waals surface area contributed by atoms with E-state index in [0.29, 0.717) is 17.8 Å². The molecule has 1 saturated heterocycles. The number of likely N-dealkylation sites (N-methyl/N-ethyl adjacent to an activating group) is 1. The molecule has 5 aromatic rings. The fourth-order valence-electron chi connectivity index (χ4n) is 5.35. The van der Waals surface area contributed by atoms with Crippen LogP contribution in [-0.4, -0.2) is 73.8 Å². The van der Waals surface area contributed by atoms with Crippen molar-refractivity contribution in [2.45, 2.75) is 6.54 Å². The van der Waals surface area contributed by atoms with Gasteiger partial charge in [0.1, 0.15) is 11.5 Å². The van der Waals surface area contributed by atoms with Crippen molar-refractivity contribution in [1.29, 1.82) is 0 Å². The Morgan fingerprint density at radius 3 is 2.76 bits per heavy atom. The van der Waals surface area contributed by atoms with E-state index >= 15 is 0 Å². The average Bonchev–Trinajstić information content (AvgIpc) is 3.55. The number of nitrogens with zero attached hydrogens (tertiary/aromatic N) is 7. The van der Waals surface area contributed by atoms with E-state index in [1.165, 1.54) is 0 Å². The fourth-order valence-corrected chi connectivity index (χ4v) is 5.35. The van der Waals surface area contributed by atoms with Gasteiger partial charge in [0.2, 0.25) is 0 Å². The molecule has 0 bridgehead atoms. The Bertz CT molecular complexity index is 1790. The summed E-state index contributed by atoms with van der Waals surface area (Å²) in [5.41, 5.74) is 6.76. The third kappa shape index (κ3) is 4.89. The van der Waals surface area contributed by atoms with Crippen molar-refractivity contribution in [2.24, 2.45) is 0 Å². The van der Waals surface area contributed by atoms with Gasteiger partial charge in [-0.2, -0.15) is 5.10 Å². The van der Waals surface area contributed by atoms with Crippen LogP contribution in [0.4, 0.5) is 11.5 Å². The zero-order valence-electron chi connectivity index (χ0n) is 22.7. The van der Waals surface area contributed by atoms with Crippen LogP contribution in [0.1, 0.15) is 21.6 Å². The molecule has 1 fully saturated rings. The third-order valence-electron chi connectivity index (χ3n) is 7.66. The number of carbonyl (C=O) groups excluding carboxylic acids is 1. The molecule has 0 saturated carbocycles. The lowest BCUT2D eigenvalue weighted by Gasteiger charge is -2.33. The number of rotatable bonds is 5. The molecule has 2 aliphatic rings. The quantitative estimate of drug-likeness (QED) is 0.340. The number of fused-ring (bicyclic) bond motifs is 2. The Hall–Kier alpha value is -5.09. The van der Waals surface area contributed by atoms with Gasteiger partial charge in [-0.15, -0.1) is 0 Å². The van der Waals surface area contributed by atoms with E-state index in [1.54, 1.807) is 24.7 Å². The van der Waals surface area contributed by atoms with Crippen LogP contribution in [0.2, 0.25) is 0 Å². The van der Waals surface area contributed by atoms with Gasteiger partial charge in [0.25, 0.3) is 5.91 Å². The lowest BCUT2D eigenvalue weighted by atomic mass is 10.0. The number of hydrogen-bond donors (Lipinski definition) is 2. The van der Waals surface area contributed by atoms with Gasteiger partial charge < -0.3 is 20.1 Å². The molecule has 10 heteroatoms. The predicted octanol–water partition coefficient (Wildman–Crippen LogP) is 4.33. The van der Waals surface area contributed by atoms with Crippen LogP contribution in [0.3, 0.4) is 0 Å². The first-order valence-electron chi connectivity index (χ1n) is 13.7. The van der Waals surface area contributed by atoms with Crippen molar-refractivity contribution < 1.29 is 4.79 Å². The second kappa shape index (κ2) is 10.5. The second-order valence-corrected chi connectivity index (χ2v) is 10.3. The maximum Gasteiger partial charge on any atom is 0.259 e. The summed E-state index contributed by atoms with van der Waals surface area (Å²) in [4.78, 5) is 34.6. The summed E-state index contributed by atoms with van der Waals surface area (Å²) in [5, 5.41) is 8.40. The van der Waals surface area contributed by atoms with E-state index in [-0.39, 0.29) is 5.91 Å². The molecule has 0 radical (unpaired) electrons. The molecule has 10 nitrogen and oxygen atoms in total. The van der Waals surface area contributed by atoms with Crippen LogP contribution in [0, 0.1) is 0 Å². The molecule has 5 aromatic heterocycles. The van der Waals surface area contributed by atoms with Crippen molar-refractivity contribution in [3.8, 4) is 11.1 Å². The predicted molar refractivity (Wildman–Crippen MR) is 160 cm³/mol. The summed E-state index contributed by atoms with van der Waals surface area (Å²) in [6.45, 7) is 4.55. The number of carbonyl (C=O) groups is 1. The molecular formula is C31H29N9O. The first-order chi connectivity index (χ1) is 20.1. The highest BCUT2D eigenvalue weighted by atomic mass is 16.1. The van der Waals surface area contributed by atoms with E-state index in [9.17, 15) is 4.79 Å². The molecule has 0 spiro atoms. The standard InChI is InChI=1S/C31H29N9O/c1-38-10-12-39(13-11-38)29-16-21(6-8-33-29)23-14-25-26(19-35-30(25)34-17-23)22-4-3-9-40-28(15-22)27(20-36-40)31(41)37-24-5-2-7-32-18-24/h2-8,14-20H,9-13H2,1H3,(H,34,35)(H,37,41). The Labute approximate surface area is 237 Å². The van der Waals surface area contributed by atoms with Crippen LogP contribution >= 0.6 is 0 Å². The molecule has 2 N–H and O–H groups in total. The highest BCUT2D eigenvalue weighted by Gasteiger charge is 2.20. The van der Waals surface area contributed by atoms with Crippen molar-refractivity contribution in [1.82, 2.24) is 34.6 Å². The largest absolute Gasteiger partial charge is 0.354 e. The van der Waals surface area contributed by atoms with Crippen LogP contribution < -0.4 is 10.2 Å². The number of piperazine rings is 1. The van der Waals surface area contributed by atoms with Crippen LogP contribution in [-0.2, 0) is 6.54 Å². The lowest BCUT2D eigenvalue weighted by molar-refractivity contribution is 0.102. The van der Waals surface area contributed by atoms with Gasteiger partial charge in [-0.1, -0.05) is 12.2 Å². The molecule has 2 aliphatic heterocycles. The van der Waals surface area contributed by atoms with E-state index in [1.807, 2.05) is 41.5 Å². The van der Waals surface area contributed by atoms with Gasteiger partial charge in [0, 0.05) is 67.5 Å². The van der Waals surface area contributed by atoms with Gasteiger partial charge in [-0.05, 0) is 54.6 Å². The summed E-state index contributed by atoms with van der Waals surface area (Å²) in [5.74, 6) is 0.762. The third-order valence-corrected chi connectivity index (χ3v) is 7.66. The first-order valence-corrected chi connectivity index (χ1v) is 13.7. The van der Waals surface area contributed by atoms with E-state index in [4.69, 9.17) is 4.98 Å². The molecule has 1 amide bonds. The molecular weight excluding hydrogens is 514 g/mol. The molecule has 41 heavy (non-hydrogen) atoms. The zero-order valence-corrected chi connectivity index (χ0v) is 22.7.